The number of carbonyl (C=O) groups excluding carboxylic acids is 1. The minimum Gasteiger partial charge on any atom is -0.328 e. The highest BCUT2D eigenvalue weighted by Crippen LogP contribution is 2.20. The molecule has 3 rings (SSSR count). The third-order valence-electron chi connectivity index (χ3n) is 4.49. The summed E-state index contributed by atoms with van der Waals surface area (Å²) in [6, 6.07) is 26.9. The molecule has 0 fully saturated rings. The Morgan fingerprint density at radius 2 is 1.67 bits per heavy atom. The smallest absolute Gasteiger partial charge is 0.279 e. The van der Waals surface area contributed by atoms with Crippen molar-refractivity contribution in [1.29, 1.82) is 0 Å². The van der Waals surface area contributed by atoms with Gasteiger partial charge in [-0.1, -0.05) is 66.2 Å². The van der Waals surface area contributed by atoms with Crippen molar-refractivity contribution in [3.05, 3.63) is 95.6 Å². The number of quaternary nitrogens is 1. The van der Waals surface area contributed by atoms with E-state index >= 15 is 0 Å². The second kappa shape index (κ2) is 9.40. The van der Waals surface area contributed by atoms with Crippen LogP contribution in [0.2, 0.25) is 0 Å². The highest BCUT2D eigenvalue weighted by atomic mass is 32.2. The number of thioether (sulfide) groups is 1. The molecule has 3 aromatic carbocycles. The van der Waals surface area contributed by atoms with E-state index in [-0.39, 0.29) is 11.9 Å². The standard InChI is InChI=1S/C23H24N2OS/c1-17-11-13-19(14-12-17)23(18-7-4-3-5-8-18)24-16-22(26)25-20-9-6-10-21(15-20)27-2/h3-15,23-24H,16H2,1-2H3,(H,25,26)/p+1/t23-/m1/s1. The van der Waals surface area contributed by atoms with Crippen molar-refractivity contribution in [2.45, 2.75) is 17.9 Å². The van der Waals surface area contributed by atoms with Gasteiger partial charge < -0.3 is 10.6 Å². The van der Waals surface area contributed by atoms with Crippen LogP contribution in [0.3, 0.4) is 0 Å². The summed E-state index contributed by atoms with van der Waals surface area (Å²) in [5.41, 5.74) is 4.46. The van der Waals surface area contributed by atoms with E-state index in [9.17, 15) is 4.79 Å². The van der Waals surface area contributed by atoms with Gasteiger partial charge in [-0.25, -0.2) is 0 Å². The van der Waals surface area contributed by atoms with Gasteiger partial charge >= 0.3 is 0 Å². The lowest BCUT2D eigenvalue weighted by Crippen LogP contribution is -2.87. The molecule has 4 heteroatoms. The maximum atomic E-state index is 12.5. The molecular formula is C23H25N2OS+. The minimum atomic E-state index is 0.00120. The van der Waals surface area contributed by atoms with Crippen molar-refractivity contribution in [3.8, 4) is 0 Å². The molecule has 0 aliphatic rings. The van der Waals surface area contributed by atoms with Crippen molar-refractivity contribution >= 4 is 23.4 Å². The van der Waals surface area contributed by atoms with Gasteiger partial charge in [-0.15, -0.1) is 11.8 Å². The predicted octanol–water partition coefficient (Wildman–Crippen LogP) is 4.01. The fourth-order valence-corrected chi connectivity index (χ4v) is 3.50. The Balaban J connectivity index is 1.70. The first-order chi connectivity index (χ1) is 13.2. The lowest BCUT2D eigenvalue weighted by Gasteiger charge is -2.17. The summed E-state index contributed by atoms with van der Waals surface area (Å²) in [4.78, 5) is 13.6. The van der Waals surface area contributed by atoms with Gasteiger partial charge in [0.05, 0.1) is 0 Å². The highest BCUT2D eigenvalue weighted by molar-refractivity contribution is 7.98. The average Bonchev–Trinajstić information content (AvgIpc) is 2.70. The van der Waals surface area contributed by atoms with Crippen LogP contribution in [0.5, 0.6) is 0 Å². The molecule has 138 valence electrons. The molecule has 0 aliphatic carbocycles. The zero-order chi connectivity index (χ0) is 19.1. The maximum absolute atomic E-state index is 12.5. The number of hydrogen-bond donors (Lipinski definition) is 2. The zero-order valence-electron chi connectivity index (χ0n) is 15.7. The SMILES string of the molecule is CSc1cccc(NC(=O)C[NH2+][C@H](c2ccccc2)c2ccc(C)cc2)c1. The van der Waals surface area contributed by atoms with Crippen LogP contribution in [0.15, 0.2) is 83.8 Å². The van der Waals surface area contributed by atoms with Gasteiger partial charge in [0.1, 0.15) is 6.04 Å². The second-order valence-corrected chi connectivity index (χ2v) is 7.40. The summed E-state index contributed by atoms with van der Waals surface area (Å²) >= 11 is 1.66. The Morgan fingerprint density at radius 3 is 2.37 bits per heavy atom. The number of carbonyl (C=O) groups is 1. The van der Waals surface area contributed by atoms with Crippen molar-refractivity contribution in [3.63, 3.8) is 0 Å². The van der Waals surface area contributed by atoms with E-state index in [0.29, 0.717) is 6.54 Å². The van der Waals surface area contributed by atoms with Crippen LogP contribution in [0.1, 0.15) is 22.7 Å². The van der Waals surface area contributed by atoms with Crippen molar-refractivity contribution < 1.29 is 10.1 Å². The minimum absolute atomic E-state index is 0.00120. The Bertz CT molecular complexity index is 878. The van der Waals surface area contributed by atoms with E-state index in [1.54, 1.807) is 11.8 Å². The van der Waals surface area contributed by atoms with E-state index in [2.05, 4.69) is 54.0 Å². The molecule has 0 aromatic heterocycles. The lowest BCUT2D eigenvalue weighted by molar-refractivity contribution is -0.676. The van der Waals surface area contributed by atoms with Gasteiger partial charge in [-0.3, -0.25) is 4.79 Å². The van der Waals surface area contributed by atoms with Crippen molar-refractivity contribution in [2.24, 2.45) is 0 Å². The summed E-state index contributed by atoms with van der Waals surface area (Å²) in [6.07, 6.45) is 2.03. The monoisotopic (exact) mass is 377 g/mol. The predicted molar refractivity (Wildman–Crippen MR) is 113 cm³/mol. The van der Waals surface area contributed by atoms with Gasteiger partial charge in [0.25, 0.3) is 5.91 Å². The van der Waals surface area contributed by atoms with Crippen LogP contribution < -0.4 is 10.6 Å². The third-order valence-corrected chi connectivity index (χ3v) is 5.21. The van der Waals surface area contributed by atoms with Gasteiger partial charge in [-0.2, -0.15) is 0 Å². The maximum Gasteiger partial charge on any atom is 0.279 e. The highest BCUT2D eigenvalue weighted by Gasteiger charge is 2.18. The van der Waals surface area contributed by atoms with Crippen LogP contribution in [-0.2, 0) is 4.79 Å². The van der Waals surface area contributed by atoms with Gasteiger partial charge in [0.15, 0.2) is 6.54 Å². The molecular weight excluding hydrogens is 352 g/mol. The molecule has 0 saturated heterocycles. The summed E-state index contributed by atoms with van der Waals surface area (Å²) in [7, 11) is 0. The number of rotatable bonds is 7. The third kappa shape index (κ3) is 5.46. The molecule has 0 heterocycles. The molecule has 0 radical (unpaired) electrons. The van der Waals surface area contributed by atoms with E-state index in [1.165, 1.54) is 16.7 Å². The number of amides is 1. The van der Waals surface area contributed by atoms with Crippen LogP contribution in [0.25, 0.3) is 0 Å². The molecule has 3 aromatic rings. The Labute approximate surface area is 165 Å². The fraction of sp³-hybridized carbons (Fsp3) is 0.174. The number of nitrogens with two attached hydrogens (primary N) is 1. The Morgan fingerprint density at radius 1 is 0.963 bits per heavy atom. The van der Waals surface area contributed by atoms with Crippen LogP contribution in [0.4, 0.5) is 5.69 Å². The quantitative estimate of drug-likeness (QED) is 0.611. The van der Waals surface area contributed by atoms with E-state index in [0.717, 1.165) is 10.6 Å². The Hall–Kier alpha value is -2.56. The Kier molecular flexibility index (Phi) is 6.69. The van der Waals surface area contributed by atoms with Crippen molar-refractivity contribution in [2.75, 3.05) is 18.1 Å². The molecule has 27 heavy (non-hydrogen) atoms. The number of nitrogens with one attached hydrogen (secondary N) is 1. The molecule has 3 N–H and O–H groups in total. The van der Waals surface area contributed by atoms with Crippen molar-refractivity contribution in [1.82, 2.24) is 0 Å². The van der Waals surface area contributed by atoms with E-state index < -0.39 is 0 Å². The largest absolute Gasteiger partial charge is 0.328 e. The number of aryl methyl sites for hydroxylation is 1. The summed E-state index contributed by atoms with van der Waals surface area (Å²) in [5.74, 6) is 0.00120. The normalized spacial score (nSPS) is 11.8. The van der Waals surface area contributed by atoms with Crippen LogP contribution in [-0.4, -0.2) is 18.7 Å². The molecule has 1 amide bonds. The molecule has 3 nitrogen and oxygen atoms in total. The zero-order valence-corrected chi connectivity index (χ0v) is 16.5. The van der Waals surface area contributed by atoms with E-state index in [4.69, 9.17) is 0 Å². The topological polar surface area (TPSA) is 45.7 Å². The molecule has 0 bridgehead atoms. The molecule has 0 spiro atoms. The fourth-order valence-electron chi connectivity index (χ4n) is 3.04. The van der Waals surface area contributed by atoms with Gasteiger partial charge in [0, 0.05) is 21.7 Å². The van der Waals surface area contributed by atoms with E-state index in [1.807, 2.05) is 48.7 Å². The summed E-state index contributed by atoms with van der Waals surface area (Å²) in [6.45, 7) is 2.44. The first kappa shape index (κ1) is 19.2. The molecule has 0 saturated carbocycles. The average molecular weight is 378 g/mol. The van der Waals surface area contributed by atoms with Crippen LogP contribution in [0, 0.1) is 6.92 Å². The first-order valence-corrected chi connectivity index (χ1v) is 10.3. The summed E-state index contributed by atoms with van der Waals surface area (Å²) < 4.78 is 0. The second-order valence-electron chi connectivity index (χ2n) is 6.52. The molecule has 0 unspecified atom stereocenters. The van der Waals surface area contributed by atoms with Gasteiger partial charge in [0.2, 0.25) is 0 Å². The summed E-state index contributed by atoms with van der Waals surface area (Å²) in [5, 5.41) is 5.09. The molecule has 0 aliphatic heterocycles. The number of benzene rings is 3. The number of hydrogen-bond acceptors (Lipinski definition) is 2. The molecule has 1 atom stereocenters. The first-order valence-electron chi connectivity index (χ1n) is 9.04. The van der Waals surface area contributed by atoms with Gasteiger partial charge in [-0.05, 0) is 31.4 Å². The number of anilines is 1. The lowest BCUT2D eigenvalue weighted by atomic mass is 9.98. The van der Waals surface area contributed by atoms with Crippen LogP contribution >= 0.6 is 11.8 Å².